The molecule has 2 fully saturated rings. The molecule has 8 nitrogen and oxygen atoms in total. The molecule has 2 saturated heterocycles. The minimum atomic E-state index is 0.0803. The highest BCUT2D eigenvalue weighted by Gasteiger charge is 2.33. The second-order valence-corrected chi connectivity index (χ2v) is 8.15. The number of nitrogens with zero attached hydrogens (tertiary/aromatic N) is 3. The minimum Gasteiger partial charge on any atom is -0.381 e. The summed E-state index contributed by atoms with van der Waals surface area (Å²) >= 11 is 0. The van der Waals surface area contributed by atoms with Gasteiger partial charge in [0.2, 0.25) is 11.8 Å². The summed E-state index contributed by atoms with van der Waals surface area (Å²) in [5.74, 6) is 1.15. The van der Waals surface area contributed by atoms with Crippen LogP contribution in [-0.4, -0.2) is 77.5 Å². The number of aromatic nitrogens is 2. The number of carbonyl (C=O) groups excluding carboxylic acids is 2. The second-order valence-electron chi connectivity index (χ2n) is 8.15. The van der Waals surface area contributed by atoms with Crippen molar-refractivity contribution < 1.29 is 14.3 Å². The molecular formula is C20H33N5O3. The molecule has 2 aliphatic rings. The Kier molecular flexibility index (Phi) is 7.07. The molecule has 0 aliphatic carbocycles. The van der Waals surface area contributed by atoms with Crippen LogP contribution in [0.2, 0.25) is 0 Å². The Morgan fingerprint density at radius 3 is 2.68 bits per heavy atom. The quantitative estimate of drug-likeness (QED) is 0.726. The van der Waals surface area contributed by atoms with Crippen LogP contribution >= 0.6 is 0 Å². The second kappa shape index (κ2) is 9.52. The summed E-state index contributed by atoms with van der Waals surface area (Å²) in [5.41, 5.74) is 0.997. The molecule has 2 atom stereocenters. The number of aromatic amines is 1. The summed E-state index contributed by atoms with van der Waals surface area (Å²) < 4.78 is 5.32. The highest BCUT2D eigenvalue weighted by atomic mass is 16.5. The van der Waals surface area contributed by atoms with Gasteiger partial charge in [0.25, 0.3) is 0 Å². The highest BCUT2D eigenvalue weighted by Crippen LogP contribution is 2.25. The van der Waals surface area contributed by atoms with Gasteiger partial charge in [-0.1, -0.05) is 0 Å². The lowest BCUT2D eigenvalue weighted by Crippen LogP contribution is -2.44. The first kappa shape index (κ1) is 20.8. The molecule has 156 valence electrons. The van der Waals surface area contributed by atoms with Crippen LogP contribution < -0.4 is 5.32 Å². The van der Waals surface area contributed by atoms with E-state index in [0.717, 1.165) is 37.2 Å². The standard InChI is InChI=1S/C20H33N5O3/c1-14-11-21-18(23-14)13-24(2)19(26)10-16-4-5-17(25(16)3)12-22-20(27)15-6-8-28-9-7-15/h11,15-17H,4-10,12-13H2,1-3H3,(H,21,23)(H,22,27)/t16-,17+/m1/s1. The van der Waals surface area contributed by atoms with E-state index >= 15 is 0 Å². The zero-order chi connectivity index (χ0) is 20.1. The molecule has 1 aromatic heterocycles. The zero-order valence-corrected chi connectivity index (χ0v) is 17.2. The number of likely N-dealkylation sites (N-methyl/N-ethyl adjacent to an activating group) is 1. The topological polar surface area (TPSA) is 90.6 Å². The Balaban J connectivity index is 1.42. The van der Waals surface area contributed by atoms with Gasteiger partial charge in [0.15, 0.2) is 0 Å². The van der Waals surface area contributed by atoms with Crippen molar-refractivity contribution in [3.63, 3.8) is 0 Å². The van der Waals surface area contributed by atoms with Gasteiger partial charge in [0.05, 0.1) is 6.54 Å². The molecule has 0 bridgehead atoms. The van der Waals surface area contributed by atoms with Crippen molar-refractivity contribution >= 4 is 11.8 Å². The number of ether oxygens (including phenoxy) is 1. The van der Waals surface area contributed by atoms with Crippen LogP contribution in [0.5, 0.6) is 0 Å². The molecule has 2 N–H and O–H groups in total. The van der Waals surface area contributed by atoms with Gasteiger partial charge in [0.1, 0.15) is 5.82 Å². The number of hydrogen-bond acceptors (Lipinski definition) is 5. The van der Waals surface area contributed by atoms with Crippen LogP contribution in [0.4, 0.5) is 0 Å². The number of H-pyrrole nitrogens is 1. The summed E-state index contributed by atoms with van der Waals surface area (Å²) in [6.45, 7) is 4.45. The van der Waals surface area contributed by atoms with E-state index in [1.165, 1.54) is 0 Å². The fourth-order valence-corrected chi connectivity index (χ4v) is 4.12. The number of hydrogen-bond donors (Lipinski definition) is 2. The minimum absolute atomic E-state index is 0.0803. The van der Waals surface area contributed by atoms with E-state index in [2.05, 4.69) is 27.2 Å². The molecule has 3 rings (SSSR count). The first-order valence-corrected chi connectivity index (χ1v) is 10.3. The van der Waals surface area contributed by atoms with E-state index in [-0.39, 0.29) is 23.8 Å². The van der Waals surface area contributed by atoms with Gasteiger partial charge in [-0.25, -0.2) is 4.98 Å². The summed E-state index contributed by atoms with van der Waals surface area (Å²) in [5, 5.41) is 3.11. The van der Waals surface area contributed by atoms with Crippen LogP contribution in [0.25, 0.3) is 0 Å². The molecule has 0 aromatic carbocycles. The lowest BCUT2D eigenvalue weighted by atomic mass is 9.99. The van der Waals surface area contributed by atoms with E-state index in [4.69, 9.17) is 4.74 Å². The van der Waals surface area contributed by atoms with Gasteiger partial charge >= 0.3 is 0 Å². The SMILES string of the molecule is Cc1cnc(CN(C)C(=O)C[C@H]2CC[C@@H](CNC(=O)C3CCOCC3)N2C)[nH]1. The first-order chi connectivity index (χ1) is 13.4. The van der Waals surface area contributed by atoms with Gasteiger partial charge < -0.3 is 19.9 Å². The average Bonchev–Trinajstić information content (AvgIpc) is 3.26. The fraction of sp³-hybridized carbons (Fsp3) is 0.750. The number of imidazole rings is 1. The molecule has 8 heteroatoms. The predicted molar refractivity (Wildman–Crippen MR) is 106 cm³/mol. The van der Waals surface area contributed by atoms with Crippen LogP contribution in [-0.2, 0) is 20.9 Å². The first-order valence-electron chi connectivity index (χ1n) is 10.3. The summed E-state index contributed by atoms with van der Waals surface area (Å²) in [7, 11) is 3.88. The van der Waals surface area contributed by atoms with Gasteiger partial charge in [-0.3, -0.25) is 14.5 Å². The van der Waals surface area contributed by atoms with E-state index in [9.17, 15) is 9.59 Å². The van der Waals surface area contributed by atoms with Crippen molar-refractivity contribution in [1.82, 2.24) is 25.1 Å². The van der Waals surface area contributed by atoms with Gasteiger partial charge in [0, 0.05) is 63.1 Å². The maximum absolute atomic E-state index is 12.6. The Hall–Kier alpha value is -1.93. The van der Waals surface area contributed by atoms with Gasteiger partial charge in [-0.05, 0) is 39.7 Å². The molecule has 2 aliphatic heterocycles. The van der Waals surface area contributed by atoms with Crippen LogP contribution in [0.1, 0.15) is 43.6 Å². The average molecular weight is 392 g/mol. The van der Waals surface area contributed by atoms with Crippen LogP contribution in [0, 0.1) is 12.8 Å². The number of carbonyl (C=O) groups is 2. The third-order valence-corrected chi connectivity index (χ3v) is 6.07. The van der Waals surface area contributed by atoms with E-state index in [1.807, 2.05) is 14.0 Å². The van der Waals surface area contributed by atoms with Crippen molar-refractivity contribution in [3.05, 3.63) is 17.7 Å². The van der Waals surface area contributed by atoms with Gasteiger partial charge in [-0.15, -0.1) is 0 Å². The van der Waals surface area contributed by atoms with Crippen LogP contribution in [0.15, 0.2) is 6.20 Å². The zero-order valence-electron chi connectivity index (χ0n) is 17.2. The molecule has 2 amide bonds. The highest BCUT2D eigenvalue weighted by molar-refractivity contribution is 5.78. The summed E-state index contributed by atoms with van der Waals surface area (Å²) in [4.78, 5) is 36.4. The van der Waals surface area contributed by atoms with Crippen LogP contribution in [0.3, 0.4) is 0 Å². The third kappa shape index (κ3) is 5.32. The predicted octanol–water partition coefficient (Wildman–Crippen LogP) is 1.07. The number of nitrogens with one attached hydrogen (secondary N) is 2. The molecule has 1 aromatic rings. The van der Waals surface area contributed by atoms with E-state index in [0.29, 0.717) is 38.8 Å². The molecule has 0 radical (unpaired) electrons. The lowest BCUT2D eigenvalue weighted by Gasteiger charge is -2.28. The molecule has 0 spiro atoms. The maximum Gasteiger partial charge on any atom is 0.224 e. The summed E-state index contributed by atoms with van der Waals surface area (Å²) in [6, 6.07) is 0.512. The monoisotopic (exact) mass is 391 g/mol. The van der Waals surface area contributed by atoms with Gasteiger partial charge in [-0.2, -0.15) is 0 Å². The Morgan fingerprint density at radius 1 is 1.29 bits per heavy atom. The molecule has 0 unspecified atom stereocenters. The number of likely N-dealkylation sites (tertiary alicyclic amines) is 1. The molecular weight excluding hydrogens is 358 g/mol. The molecule has 28 heavy (non-hydrogen) atoms. The molecule has 0 saturated carbocycles. The largest absolute Gasteiger partial charge is 0.381 e. The van der Waals surface area contributed by atoms with Crippen molar-refractivity contribution in [2.75, 3.05) is 33.9 Å². The maximum atomic E-state index is 12.6. The normalized spacial score (nSPS) is 23.7. The number of amides is 2. The summed E-state index contributed by atoms with van der Waals surface area (Å²) in [6.07, 6.45) is 5.88. The van der Waals surface area contributed by atoms with E-state index in [1.54, 1.807) is 11.1 Å². The Labute approximate surface area is 167 Å². The van der Waals surface area contributed by atoms with Crippen molar-refractivity contribution in [2.45, 2.75) is 57.7 Å². The molecule has 3 heterocycles. The fourth-order valence-electron chi connectivity index (χ4n) is 4.12. The van der Waals surface area contributed by atoms with Crippen molar-refractivity contribution in [1.29, 1.82) is 0 Å². The van der Waals surface area contributed by atoms with E-state index < -0.39 is 0 Å². The number of rotatable bonds is 7. The lowest BCUT2D eigenvalue weighted by molar-refractivity contribution is -0.132. The third-order valence-electron chi connectivity index (χ3n) is 6.07. The number of aryl methyl sites for hydroxylation is 1. The van der Waals surface area contributed by atoms with Crippen molar-refractivity contribution in [3.8, 4) is 0 Å². The Morgan fingerprint density at radius 2 is 2.00 bits per heavy atom. The Bertz CT molecular complexity index is 671. The van der Waals surface area contributed by atoms with Crippen molar-refractivity contribution in [2.24, 2.45) is 5.92 Å². The smallest absolute Gasteiger partial charge is 0.224 e.